The molecule has 1 N–H and O–H groups in total. The number of aliphatic hydroxyl groups excluding tert-OH is 1. The maximum Gasteiger partial charge on any atom is 0.0472 e. The van der Waals surface area contributed by atoms with E-state index in [2.05, 4.69) is 22.9 Å². The molecule has 0 aromatic carbocycles. The molecule has 0 amide bonds. The van der Waals surface area contributed by atoms with Gasteiger partial charge in [0.15, 0.2) is 0 Å². The summed E-state index contributed by atoms with van der Waals surface area (Å²) in [6, 6.07) is 4.13. The Kier molecular flexibility index (Phi) is 1.55. The Morgan fingerprint density at radius 2 is 2.45 bits per heavy atom. The second-order valence-corrected chi connectivity index (χ2v) is 2.75. The van der Waals surface area contributed by atoms with Crippen LogP contribution in [0.1, 0.15) is 12.1 Å². The monoisotopic (exact) mass is 149 g/mol. The minimum absolute atomic E-state index is 0.247. The van der Waals surface area contributed by atoms with Crippen molar-refractivity contribution in [1.82, 2.24) is 4.57 Å². The molecular weight excluding hydrogens is 138 g/mol. The lowest BCUT2D eigenvalue weighted by Crippen LogP contribution is -1.90. The van der Waals surface area contributed by atoms with E-state index in [1.54, 1.807) is 0 Å². The quantitative estimate of drug-likeness (QED) is 0.673. The highest BCUT2D eigenvalue weighted by molar-refractivity contribution is 5.65. The van der Waals surface area contributed by atoms with Crippen LogP contribution in [0.15, 0.2) is 24.4 Å². The first-order chi connectivity index (χ1) is 5.42. The molecule has 2 heteroatoms. The van der Waals surface area contributed by atoms with Crippen molar-refractivity contribution >= 4 is 5.57 Å². The number of hydrogen-bond donors (Lipinski definition) is 1. The fraction of sp³-hybridized carbons (Fsp3) is 0.333. The molecule has 0 saturated carbocycles. The summed E-state index contributed by atoms with van der Waals surface area (Å²) in [5.41, 5.74) is 2.54. The Hall–Kier alpha value is -1.02. The van der Waals surface area contributed by atoms with Crippen molar-refractivity contribution in [3.63, 3.8) is 0 Å². The first-order valence-electron chi connectivity index (χ1n) is 3.87. The zero-order valence-electron chi connectivity index (χ0n) is 6.33. The number of aromatic nitrogens is 1. The van der Waals surface area contributed by atoms with E-state index in [0.717, 1.165) is 13.0 Å². The van der Waals surface area contributed by atoms with Gasteiger partial charge in [0.2, 0.25) is 0 Å². The minimum atomic E-state index is 0.247. The summed E-state index contributed by atoms with van der Waals surface area (Å²) in [4.78, 5) is 0. The highest BCUT2D eigenvalue weighted by atomic mass is 16.2. The van der Waals surface area contributed by atoms with Gasteiger partial charge in [-0.25, -0.2) is 0 Å². The van der Waals surface area contributed by atoms with Crippen molar-refractivity contribution in [2.75, 3.05) is 6.61 Å². The third-order valence-corrected chi connectivity index (χ3v) is 2.07. The molecule has 2 nitrogen and oxygen atoms in total. The summed E-state index contributed by atoms with van der Waals surface area (Å²) < 4.78 is 2.19. The van der Waals surface area contributed by atoms with Crippen molar-refractivity contribution < 1.29 is 5.11 Å². The predicted octanol–water partition coefficient (Wildman–Crippen LogP) is 1.27. The third kappa shape index (κ3) is 0.994. The number of nitrogens with zero attached hydrogens (tertiary/aromatic N) is 1. The van der Waals surface area contributed by atoms with E-state index < -0.39 is 0 Å². The summed E-state index contributed by atoms with van der Waals surface area (Å²) in [6.07, 6.45) is 5.02. The topological polar surface area (TPSA) is 25.2 Å². The van der Waals surface area contributed by atoms with E-state index in [4.69, 9.17) is 5.11 Å². The second kappa shape index (κ2) is 2.55. The zero-order chi connectivity index (χ0) is 7.68. The Morgan fingerprint density at radius 3 is 3.27 bits per heavy atom. The predicted molar refractivity (Wildman–Crippen MR) is 44.1 cm³/mol. The molecule has 0 unspecified atom stereocenters. The molecule has 58 valence electrons. The fourth-order valence-corrected chi connectivity index (χ4v) is 1.53. The van der Waals surface area contributed by atoms with Crippen molar-refractivity contribution in [3.8, 4) is 0 Å². The van der Waals surface area contributed by atoms with E-state index in [-0.39, 0.29) is 6.61 Å². The van der Waals surface area contributed by atoms with Crippen molar-refractivity contribution in [3.05, 3.63) is 30.1 Å². The SMILES string of the molecule is OCCC1=CCn2cccc21. The van der Waals surface area contributed by atoms with Gasteiger partial charge >= 0.3 is 0 Å². The second-order valence-electron chi connectivity index (χ2n) is 2.75. The Bertz CT molecular complexity index is 286. The van der Waals surface area contributed by atoms with Gasteiger partial charge in [-0.15, -0.1) is 0 Å². The van der Waals surface area contributed by atoms with E-state index in [9.17, 15) is 0 Å². The van der Waals surface area contributed by atoms with Crippen molar-refractivity contribution in [2.24, 2.45) is 0 Å². The standard InChI is InChI=1S/C9H11NO/c11-7-4-8-3-6-10-5-1-2-9(8)10/h1-3,5,11H,4,6-7H2. The summed E-state index contributed by atoms with van der Waals surface area (Å²) in [5, 5.41) is 8.74. The molecule has 1 aliphatic heterocycles. The van der Waals surface area contributed by atoms with Gasteiger partial charge in [-0.3, -0.25) is 0 Å². The lowest BCUT2D eigenvalue weighted by molar-refractivity contribution is 0.305. The summed E-state index contributed by atoms with van der Waals surface area (Å²) >= 11 is 0. The fourth-order valence-electron chi connectivity index (χ4n) is 1.53. The van der Waals surface area contributed by atoms with E-state index in [1.807, 2.05) is 6.07 Å². The molecule has 0 atom stereocenters. The first kappa shape index (κ1) is 6.68. The molecule has 1 aliphatic rings. The highest BCUT2D eigenvalue weighted by Gasteiger charge is 2.10. The van der Waals surface area contributed by atoms with Crippen LogP contribution in [0.3, 0.4) is 0 Å². The average molecular weight is 149 g/mol. The van der Waals surface area contributed by atoms with E-state index >= 15 is 0 Å². The maximum atomic E-state index is 8.74. The van der Waals surface area contributed by atoms with Crippen LogP contribution in [0.2, 0.25) is 0 Å². The molecule has 0 spiro atoms. The molecule has 0 radical (unpaired) electrons. The molecule has 2 heterocycles. The van der Waals surface area contributed by atoms with E-state index in [1.165, 1.54) is 11.3 Å². The summed E-state index contributed by atoms with van der Waals surface area (Å²) in [7, 11) is 0. The van der Waals surface area contributed by atoms with Gasteiger partial charge < -0.3 is 9.67 Å². The molecule has 1 aromatic heterocycles. The van der Waals surface area contributed by atoms with Crippen molar-refractivity contribution in [1.29, 1.82) is 0 Å². The largest absolute Gasteiger partial charge is 0.396 e. The number of hydrogen-bond acceptors (Lipinski definition) is 1. The number of fused-ring (bicyclic) bond motifs is 1. The van der Waals surface area contributed by atoms with Crippen LogP contribution < -0.4 is 0 Å². The van der Waals surface area contributed by atoms with Gasteiger partial charge in [0, 0.05) is 25.0 Å². The highest BCUT2D eigenvalue weighted by Crippen LogP contribution is 2.24. The van der Waals surface area contributed by atoms with E-state index in [0.29, 0.717) is 0 Å². The number of allylic oxidation sites excluding steroid dienone is 1. The third-order valence-electron chi connectivity index (χ3n) is 2.07. The van der Waals surface area contributed by atoms with Crippen LogP contribution in [-0.4, -0.2) is 16.3 Å². The summed E-state index contributed by atoms with van der Waals surface area (Å²) in [6.45, 7) is 1.22. The molecule has 11 heavy (non-hydrogen) atoms. The molecule has 0 fully saturated rings. The summed E-state index contributed by atoms with van der Waals surface area (Å²) in [5.74, 6) is 0. The van der Waals surface area contributed by atoms with Gasteiger partial charge in [-0.1, -0.05) is 6.08 Å². The van der Waals surface area contributed by atoms with Gasteiger partial charge in [0.1, 0.15) is 0 Å². The molecular formula is C9H11NO. The lowest BCUT2D eigenvalue weighted by atomic mass is 10.1. The Labute approximate surface area is 65.8 Å². The van der Waals surface area contributed by atoms with Crippen LogP contribution >= 0.6 is 0 Å². The van der Waals surface area contributed by atoms with Gasteiger partial charge in [-0.2, -0.15) is 0 Å². The molecule has 1 aromatic rings. The lowest BCUT2D eigenvalue weighted by Gasteiger charge is -1.98. The molecule has 0 aliphatic carbocycles. The Morgan fingerprint density at radius 1 is 1.55 bits per heavy atom. The van der Waals surface area contributed by atoms with Gasteiger partial charge in [0.05, 0.1) is 0 Å². The molecule has 0 bridgehead atoms. The van der Waals surface area contributed by atoms with Crippen LogP contribution in [0.5, 0.6) is 0 Å². The minimum Gasteiger partial charge on any atom is -0.396 e. The smallest absolute Gasteiger partial charge is 0.0472 e. The molecule has 2 rings (SSSR count). The van der Waals surface area contributed by atoms with Crippen LogP contribution in [0, 0.1) is 0 Å². The van der Waals surface area contributed by atoms with Gasteiger partial charge in [0.25, 0.3) is 0 Å². The van der Waals surface area contributed by atoms with Crippen LogP contribution in [-0.2, 0) is 6.54 Å². The van der Waals surface area contributed by atoms with Crippen molar-refractivity contribution in [2.45, 2.75) is 13.0 Å². The average Bonchev–Trinajstić information content (AvgIpc) is 2.53. The maximum absolute atomic E-state index is 8.74. The Balaban J connectivity index is 2.27. The molecule has 0 saturated heterocycles. The first-order valence-corrected chi connectivity index (χ1v) is 3.87. The van der Waals surface area contributed by atoms with Gasteiger partial charge in [-0.05, 0) is 24.1 Å². The number of aliphatic hydroxyl groups is 1. The van der Waals surface area contributed by atoms with Crippen LogP contribution in [0.4, 0.5) is 0 Å². The zero-order valence-corrected chi connectivity index (χ0v) is 6.33. The van der Waals surface area contributed by atoms with Crippen LogP contribution in [0.25, 0.3) is 5.57 Å². The normalized spacial score (nSPS) is 14.8. The number of rotatable bonds is 2.